The Morgan fingerprint density at radius 3 is 2.38 bits per heavy atom. The van der Waals surface area contributed by atoms with Crippen LogP contribution in [0.15, 0.2) is 11.6 Å². The minimum absolute atomic E-state index is 0.0668. The van der Waals surface area contributed by atoms with Crippen LogP contribution in [0.3, 0.4) is 0 Å². The summed E-state index contributed by atoms with van der Waals surface area (Å²) in [6.07, 6.45) is 17.7. The summed E-state index contributed by atoms with van der Waals surface area (Å²) < 4.78 is 0. The zero-order valence-electron chi connectivity index (χ0n) is 22.8. The van der Waals surface area contributed by atoms with E-state index in [4.69, 9.17) is 0 Å². The van der Waals surface area contributed by atoms with E-state index in [9.17, 15) is 5.11 Å². The third-order valence-electron chi connectivity index (χ3n) is 12.0. The van der Waals surface area contributed by atoms with Gasteiger partial charge in [-0.2, -0.15) is 0 Å². The van der Waals surface area contributed by atoms with Gasteiger partial charge in [0.25, 0.3) is 0 Å². The molecule has 4 aliphatic rings. The van der Waals surface area contributed by atoms with E-state index in [2.05, 4.69) is 61.5 Å². The summed E-state index contributed by atoms with van der Waals surface area (Å²) in [5.41, 5.74) is 2.24. The molecule has 8 unspecified atom stereocenters. The molecule has 0 amide bonds. The standard InChI is InChI=1S/C31H54O/c1-21(2)31(32,28(4,5)6)20-16-22(3)25-14-15-26-24-13-12-23-11-9-10-18-29(23,7)27(24)17-19-30(25,26)8/h12,21-22,24-27,32H,9-11,13-20H2,1-8H3. The van der Waals surface area contributed by atoms with Crippen molar-refractivity contribution in [3.8, 4) is 0 Å². The van der Waals surface area contributed by atoms with Gasteiger partial charge in [-0.05, 0) is 116 Å². The molecular formula is C31H54O. The van der Waals surface area contributed by atoms with Crippen LogP contribution in [-0.4, -0.2) is 10.7 Å². The first-order chi connectivity index (χ1) is 14.8. The lowest BCUT2D eigenvalue weighted by Crippen LogP contribution is -2.50. The molecule has 1 nitrogen and oxygen atoms in total. The third-order valence-corrected chi connectivity index (χ3v) is 12.0. The Labute approximate surface area is 200 Å². The summed E-state index contributed by atoms with van der Waals surface area (Å²) in [5.74, 6) is 4.67. The maximum Gasteiger partial charge on any atom is 0.0718 e. The molecule has 0 spiro atoms. The second kappa shape index (κ2) is 8.42. The Morgan fingerprint density at radius 1 is 1.00 bits per heavy atom. The molecule has 0 aromatic heterocycles. The highest BCUT2D eigenvalue weighted by Gasteiger charge is 2.59. The third kappa shape index (κ3) is 3.76. The predicted molar refractivity (Wildman–Crippen MR) is 137 cm³/mol. The first-order valence-electron chi connectivity index (χ1n) is 14.3. The molecule has 0 aliphatic heterocycles. The van der Waals surface area contributed by atoms with E-state index in [1.807, 2.05) is 5.57 Å². The van der Waals surface area contributed by atoms with Gasteiger partial charge < -0.3 is 5.11 Å². The highest BCUT2D eigenvalue weighted by atomic mass is 16.3. The quantitative estimate of drug-likeness (QED) is 0.422. The van der Waals surface area contributed by atoms with Gasteiger partial charge >= 0.3 is 0 Å². The lowest BCUT2D eigenvalue weighted by molar-refractivity contribution is -0.107. The summed E-state index contributed by atoms with van der Waals surface area (Å²) >= 11 is 0. The molecule has 0 saturated heterocycles. The highest BCUT2D eigenvalue weighted by Crippen LogP contribution is 2.67. The topological polar surface area (TPSA) is 20.2 Å². The van der Waals surface area contributed by atoms with E-state index in [0.717, 1.165) is 30.1 Å². The molecular weight excluding hydrogens is 388 g/mol. The average Bonchev–Trinajstić information content (AvgIpc) is 3.07. The van der Waals surface area contributed by atoms with Gasteiger partial charge in [0.2, 0.25) is 0 Å². The van der Waals surface area contributed by atoms with Crippen LogP contribution in [0.5, 0.6) is 0 Å². The number of hydrogen-bond acceptors (Lipinski definition) is 1. The van der Waals surface area contributed by atoms with Crippen LogP contribution in [-0.2, 0) is 0 Å². The normalized spacial score (nSPS) is 42.5. The van der Waals surface area contributed by atoms with Gasteiger partial charge in [-0.25, -0.2) is 0 Å². The van der Waals surface area contributed by atoms with Gasteiger partial charge in [0, 0.05) is 0 Å². The van der Waals surface area contributed by atoms with Crippen LogP contribution in [0.4, 0.5) is 0 Å². The number of fused-ring (bicyclic) bond motifs is 5. The number of rotatable bonds is 5. The van der Waals surface area contributed by atoms with Crippen molar-refractivity contribution in [2.24, 2.45) is 51.8 Å². The van der Waals surface area contributed by atoms with Gasteiger partial charge in [0.05, 0.1) is 5.60 Å². The smallest absolute Gasteiger partial charge is 0.0718 e. The Morgan fingerprint density at radius 2 is 1.72 bits per heavy atom. The van der Waals surface area contributed by atoms with Crippen LogP contribution < -0.4 is 0 Å². The lowest BCUT2D eigenvalue weighted by atomic mass is 9.47. The molecule has 0 heterocycles. The van der Waals surface area contributed by atoms with Crippen molar-refractivity contribution in [3.63, 3.8) is 0 Å². The minimum Gasteiger partial charge on any atom is -0.389 e. The lowest BCUT2D eigenvalue weighted by Gasteiger charge is -2.58. The van der Waals surface area contributed by atoms with Crippen LogP contribution in [0.25, 0.3) is 0 Å². The molecule has 0 radical (unpaired) electrons. The van der Waals surface area contributed by atoms with E-state index in [-0.39, 0.29) is 5.41 Å². The molecule has 4 aliphatic carbocycles. The van der Waals surface area contributed by atoms with Crippen molar-refractivity contribution in [1.82, 2.24) is 0 Å². The van der Waals surface area contributed by atoms with Crippen molar-refractivity contribution in [2.75, 3.05) is 0 Å². The molecule has 1 heteroatoms. The summed E-state index contributed by atoms with van der Waals surface area (Å²) in [5, 5.41) is 11.6. The predicted octanol–water partition coefficient (Wildman–Crippen LogP) is 8.81. The molecule has 1 N–H and O–H groups in total. The second-order valence-electron chi connectivity index (χ2n) is 14.5. The molecule has 32 heavy (non-hydrogen) atoms. The van der Waals surface area contributed by atoms with Gasteiger partial charge in [-0.15, -0.1) is 0 Å². The summed E-state index contributed by atoms with van der Waals surface area (Å²) in [4.78, 5) is 0. The van der Waals surface area contributed by atoms with E-state index in [1.54, 1.807) is 0 Å². The molecule has 0 bridgehead atoms. The molecule has 4 rings (SSSR count). The zero-order chi connectivity index (χ0) is 23.5. The van der Waals surface area contributed by atoms with Gasteiger partial charge in [0.1, 0.15) is 0 Å². The SMILES string of the molecule is CC(CCC(O)(C(C)C)C(C)(C)C)C1CCC2C3CC=C4CCCCC4(C)C3CCC12C. The largest absolute Gasteiger partial charge is 0.389 e. The molecule has 0 aromatic rings. The van der Waals surface area contributed by atoms with Crippen LogP contribution >= 0.6 is 0 Å². The Kier molecular flexibility index (Phi) is 6.53. The molecule has 8 atom stereocenters. The summed E-state index contributed by atoms with van der Waals surface area (Å²) in [6, 6.07) is 0. The van der Waals surface area contributed by atoms with Crippen molar-refractivity contribution in [3.05, 3.63) is 11.6 Å². The number of aliphatic hydroxyl groups is 1. The number of allylic oxidation sites excluding steroid dienone is 2. The second-order valence-corrected chi connectivity index (χ2v) is 14.5. The van der Waals surface area contributed by atoms with Gasteiger partial charge in [-0.3, -0.25) is 0 Å². The van der Waals surface area contributed by atoms with E-state index in [0.29, 0.717) is 22.7 Å². The van der Waals surface area contributed by atoms with Crippen molar-refractivity contribution < 1.29 is 5.11 Å². The van der Waals surface area contributed by atoms with Crippen molar-refractivity contribution in [1.29, 1.82) is 0 Å². The Bertz CT molecular complexity index is 712. The maximum absolute atomic E-state index is 11.6. The number of hydrogen-bond donors (Lipinski definition) is 1. The Balaban J connectivity index is 1.49. The zero-order valence-corrected chi connectivity index (χ0v) is 22.8. The van der Waals surface area contributed by atoms with E-state index in [1.165, 1.54) is 64.2 Å². The Hall–Kier alpha value is -0.300. The van der Waals surface area contributed by atoms with Crippen LogP contribution in [0.2, 0.25) is 0 Å². The minimum atomic E-state index is -0.571. The van der Waals surface area contributed by atoms with Crippen molar-refractivity contribution in [2.45, 2.75) is 132 Å². The monoisotopic (exact) mass is 442 g/mol. The highest BCUT2D eigenvalue weighted by molar-refractivity contribution is 5.24. The van der Waals surface area contributed by atoms with E-state index < -0.39 is 5.60 Å². The first kappa shape index (κ1) is 24.8. The maximum atomic E-state index is 11.6. The molecule has 3 saturated carbocycles. The van der Waals surface area contributed by atoms with E-state index >= 15 is 0 Å². The van der Waals surface area contributed by atoms with Gasteiger partial charge in [-0.1, -0.05) is 73.5 Å². The average molecular weight is 443 g/mol. The fourth-order valence-electron chi connectivity index (χ4n) is 9.85. The first-order valence-corrected chi connectivity index (χ1v) is 14.3. The fraction of sp³-hybridized carbons (Fsp3) is 0.935. The summed E-state index contributed by atoms with van der Waals surface area (Å²) in [6.45, 7) is 18.9. The van der Waals surface area contributed by atoms with Crippen molar-refractivity contribution >= 4 is 0 Å². The molecule has 3 fully saturated rings. The summed E-state index contributed by atoms with van der Waals surface area (Å²) in [7, 11) is 0. The van der Waals surface area contributed by atoms with Crippen LogP contribution in [0.1, 0.15) is 126 Å². The molecule has 0 aromatic carbocycles. The fourth-order valence-corrected chi connectivity index (χ4v) is 9.85. The van der Waals surface area contributed by atoms with Crippen LogP contribution in [0, 0.1) is 51.8 Å². The molecule has 184 valence electrons. The van der Waals surface area contributed by atoms with Gasteiger partial charge in [0.15, 0.2) is 0 Å².